The molecule has 1 aromatic carbocycles. The highest BCUT2D eigenvalue weighted by atomic mass is 16.5. The van der Waals surface area contributed by atoms with Crippen LogP contribution in [-0.2, 0) is 4.74 Å². The molecule has 0 unspecified atom stereocenters. The Morgan fingerprint density at radius 3 is 2.80 bits per heavy atom. The summed E-state index contributed by atoms with van der Waals surface area (Å²) in [4.78, 5) is 11.4. The maximum atomic E-state index is 11.4. The van der Waals surface area contributed by atoms with E-state index in [0.29, 0.717) is 23.8 Å². The van der Waals surface area contributed by atoms with Crippen molar-refractivity contribution < 1.29 is 14.3 Å². The zero-order valence-corrected chi connectivity index (χ0v) is 8.73. The zero-order chi connectivity index (χ0) is 10.7. The Morgan fingerprint density at radius 2 is 2.13 bits per heavy atom. The predicted octanol–water partition coefficient (Wildman–Crippen LogP) is 2.26. The van der Waals surface area contributed by atoms with Crippen molar-refractivity contribution in [3.05, 3.63) is 29.8 Å². The van der Waals surface area contributed by atoms with Crippen LogP contribution in [0, 0.1) is 5.92 Å². The molecule has 0 saturated heterocycles. The molecule has 0 radical (unpaired) electrons. The smallest absolute Gasteiger partial charge is 0.341 e. The van der Waals surface area contributed by atoms with Crippen LogP contribution in [0.4, 0.5) is 0 Å². The van der Waals surface area contributed by atoms with Crippen LogP contribution in [0.2, 0.25) is 0 Å². The van der Waals surface area contributed by atoms with Crippen LogP contribution in [0.1, 0.15) is 23.2 Å². The third kappa shape index (κ3) is 2.49. The molecule has 15 heavy (non-hydrogen) atoms. The molecule has 1 fully saturated rings. The van der Waals surface area contributed by atoms with Crippen LogP contribution < -0.4 is 4.74 Å². The van der Waals surface area contributed by atoms with Gasteiger partial charge in [0.1, 0.15) is 11.3 Å². The van der Waals surface area contributed by atoms with E-state index in [2.05, 4.69) is 4.74 Å². The zero-order valence-electron chi connectivity index (χ0n) is 8.73. The van der Waals surface area contributed by atoms with Crippen molar-refractivity contribution in [3.63, 3.8) is 0 Å². The van der Waals surface area contributed by atoms with Gasteiger partial charge in [0, 0.05) is 0 Å². The Balaban J connectivity index is 2.09. The number of methoxy groups -OCH3 is 1. The Hall–Kier alpha value is -1.51. The van der Waals surface area contributed by atoms with Gasteiger partial charge >= 0.3 is 5.97 Å². The fourth-order valence-electron chi connectivity index (χ4n) is 1.36. The van der Waals surface area contributed by atoms with E-state index in [9.17, 15) is 4.79 Å². The molecular formula is C12H14O3. The molecule has 3 nitrogen and oxygen atoms in total. The highest BCUT2D eigenvalue weighted by Crippen LogP contribution is 2.30. The van der Waals surface area contributed by atoms with E-state index in [1.165, 1.54) is 20.0 Å². The standard InChI is InChI=1S/C12H14O3/c1-14-12(13)10-4-2-3-5-11(10)15-8-9-6-7-9/h2-5,9H,6-8H2,1H3. The minimum Gasteiger partial charge on any atom is -0.492 e. The van der Waals surface area contributed by atoms with Crippen molar-refractivity contribution in [1.82, 2.24) is 0 Å². The summed E-state index contributed by atoms with van der Waals surface area (Å²) in [5.74, 6) is 0.952. The topological polar surface area (TPSA) is 35.5 Å². The van der Waals surface area contributed by atoms with Crippen LogP contribution in [0.3, 0.4) is 0 Å². The molecule has 1 aliphatic rings. The summed E-state index contributed by atoms with van der Waals surface area (Å²) in [5, 5.41) is 0. The molecule has 80 valence electrons. The molecule has 0 amide bonds. The molecule has 0 heterocycles. The minimum absolute atomic E-state index is 0.346. The molecule has 0 aliphatic heterocycles. The number of carbonyl (C=O) groups is 1. The van der Waals surface area contributed by atoms with E-state index in [1.54, 1.807) is 18.2 Å². The monoisotopic (exact) mass is 206 g/mol. The Bertz CT molecular complexity index is 356. The molecule has 3 heteroatoms. The van der Waals surface area contributed by atoms with Gasteiger partial charge in [-0.3, -0.25) is 0 Å². The molecule has 1 aliphatic carbocycles. The highest BCUT2D eigenvalue weighted by molar-refractivity contribution is 5.92. The van der Waals surface area contributed by atoms with Gasteiger partial charge in [0.15, 0.2) is 0 Å². The minimum atomic E-state index is -0.346. The van der Waals surface area contributed by atoms with Crippen molar-refractivity contribution in [2.75, 3.05) is 13.7 Å². The van der Waals surface area contributed by atoms with Gasteiger partial charge in [-0.05, 0) is 30.9 Å². The third-order valence-electron chi connectivity index (χ3n) is 2.46. The summed E-state index contributed by atoms with van der Waals surface area (Å²) in [5.41, 5.74) is 0.501. The second-order valence-electron chi connectivity index (χ2n) is 3.74. The van der Waals surface area contributed by atoms with E-state index in [1.807, 2.05) is 6.07 Å². The largest absolute Gasteiger partial charge is 0.492 e. The summed E-state index contributed by atoms with van der Waals surface area (Å²) >= 11 is 0. The Labute approximate surface area is 89.0 Å². The lowest BCUT2D eigenvalue weighted by Crippen LogP contribution is -2.07. The van der Waals surface area contributed by atoms with Crippen molar-refractivity contribution in [2.45, 2.75) is 12.8 Å². The van der Waals surface area contributed by atoms with Gasteiger partial charge in [0.05, 0.1) is 13.7 Å². The maximum absolute atomic E-state index is 11.4. The number of hydrogen-bond donors (Lipinski definition) is 0. The van der Waals surface area contributed by atoms with Crippen LogP contribution in [0.25, 0.3) is 0 Å². The summed E-state index contributed by atoms with van der Waals surface area (Å²) in [7, 11) is 1.38. The van der Waals surface area contributed by atoms with Gasteiger partial charge in [0.2, 0.25) is 0 Å². The van der Waals surface area contributed by atoms with Gasteiger partial charge in [0.25, 0.3) is 0 Å². The number of rotatable bonds is 4. The molecule has 0 spiro atoms. The van der Waals surface area contributed by atoms with Crippen LogP contribution in [-0.4, -0.2) is 19.7 Å². The number of benzene rings is 1. The lowest BCUT2D eigenvalue weighted by Gasteiger charge is -2.09. The highest BCUT2D eigenvalue weighted by Gasteiger charge is 2.23. The van der Waals surface area contributed by atoms with Gasteiger partial charge in [-0.1, -0.05) is 12.1 Å². The summed E-state index contributed by atoms with van der Waals surface area (Å²) in [6.45, 7) is 0.702. The average molecular weight is 206 g/mol. The van der Waals surface area contributed by atoms with Crippen molar-refractivity contribution in [3.8, 4) is 5.75 Å². The van der Waals surface area contributed by atoms with Crippen LogP contribution in [0.15, 0.2) is 24.3 Å². The van der Waals surface area contributed by atoms with Gasteiger partial charge < -0.3 is 9.47 Å². The molecule has 0 atom stereocenters. The normalized spacial score (nSPS) is 14.7. The van der Waals surface area contributed by atoms with E-state index >= 15 is 0 Å². The fraction of sp³-hybridized carbons (Fsp3) is 0.417. The first-order chi connectivity index (χ1) is 7.31. The first kappa shape index (κ1) is 10.0. The first-order valence-electron chi connectivity index (χ1n) is 5.11. The predicted molar refractivity (Wildman–Crippen MR) is 56.0 cm³/mol. The van der Waals surface area contributed by atoms with E-state index in [4.69, 9.17) is 4.74 Å². The van der Waals surface area contributed by atoms with E-state index < -0.39 is 0 Å². The molecule has 1 aromatic rings. The van der Waals surface area contributed by atoms with E-state index in [0.717, 1.165) is 0 Å². The van der Waals surface area contributed by atoms with Crippen molar-refractivity contribution in [1.29, 1.82) is 0 Å². The maximum Gasteiger partial charge on any atom is 0.341 e. The number of carbonyl (C=O) groups excluding carboxylic acids is 1. The number of esters is 1. The molecular weight excluding hydrogens is 192 g/mol. The molecule has 0 bridgehead atoms. The van der Waals surface area contributed by atoms with Gasteiger partial charge in [-0.25, -0.2) is 4.79 Å². The van der Waals surface area contributed by atoms with Crippen LogP contribution >= 0.6 is 0 Å². The lowest BCUT2D eigenvalue weighted by atomic mass is 10.2. The SMILES string of the molecule is COC(=O)c1ccccc1OCC1CC1. The second-order valence-corrected chi connectivity index (χ2v) is 3.74. The van der Waals surface area contributed by atoms with E-state index in [-0.39, 0.29) is 5.97 Å². The van der Waals surface area contributed by atoms with Crippen molar-refractivity contribution in [2.24, 2.45) is 5.92 Å². The number of ether oxygens (including phenoxy) is 2. The second kappa shape index (κ2) is 4.34. The first-order valence-corrected chi connectivity index (χ1v) is 5.11. The third-order valence-corrected chi connectivity index (χ3v) is 2.46. The summed E-state index contributed by atoms with van der Waals surface area (Å²) in [6, 6.07) is 7.17. The average Bonchev–Trinajstić information content (AvgIpc) is 3.09. The quantitative estimate of drug-likeness (QED) is 0.709. The molecule has 1 saturated carbocycles. The van der Waals surface area contributed by atoms with Gasteiger partial charge in [-0.2, -0.15) is 0 Å². The summed E-state index contributed by atoms with van der Waals surface area (Å²) in [6.07, 6.45) is 2.47. The fourth-order valence-corrected chi connectivity index (χ4v) is 1.36. The number of hydrogen-bond acceptors (Lipinski definition) is 3. The molecule has 0 N–H and O–H groups in total. The molecule has 0 aromatic heterocycles. The number of para-hydroxylation sites is 1. The van der Waals surface area contributed by atoms with Gasteiger partial charge in [-0.15, -0.1) is 0 Å². The Morgan fingerprint density at radius 1 is 1.40 bits per heavy atom. The Kier molecular flexibility index (Phi) is 2.90. The van der Waals surface area contributed by atoms with Crippen molar-refractivity contribution >= 4 is 5.97 Å². The molecule has 2 rings (SSSR count). The summed E-state index contributed by atoms with van der Waals surface area (Å²) < 4.78 is 10.3. The lowest BCUT2D eigenvalue weighted by molar-refractivity contribution is 0.0595. The van der Waals surface area contributed by atoms with Crippen LogP contribution in [0.5, 0.6) is 5.75 Å².